The van der Waals surface area contributed by atoms with E-state index in [0.29, 0.717) is 18.8 Å². The average molecular weight is 349 g/mol. The zero-order chi connectivity index (χ0) is 18.6. The Morgan fingerprint density at radius 3 is 2.40 bits per heavy atom. The first-order chi connectivity index (χ1) is 11.7. The Morgan fingerprint density at radius 1 is 1.24 bits per heavy atom. The summed E-state index contributed by atoms with van der Waals surface area (Å²) in [6.07, 6.45) is 1.27. The van der Waals surface area contributed by atoms with E-state index < -0.39 is 11.6 Å². The number of ether oxygens (including phenoxy) is 2. The van der Waals surface area contributed by atoms with Gasteiger partial charge in [-0.05, 0) is 62.8 Å². The molecule has 1 aliphatic rings. The van der Waals surface area contributed by atoms with Gasteiger partial charge in [0.05, 0.1) is 13.5 Å². The standard InChI is InChI=1S/C19H27NO5/c1-19(2,3)25-18(23)20-9-7-13(8-10-20)16-6-5-15(24-4)11-14(16)12-17(21)22/h5-6,11,13H,7-10,12H2,1-4H3,(H,21,22). The number of rotatable bonds is 4. The predicted molar refractivity (Wildman–Crippen MR) is 94.1 cm³/mol. The lowest BCUT2D eigenvalue weighted by molar-refractivity contribution is -0.136. The van der Waals surface area contributed by atoms with Gasteiger partial charge in [-0.1, -0.05) is 6.07 Å². The molecule has 1 fully saturated rings. The van der Waals surface area contributed by atoms with E-state index in [0.717, 1.165) is 24.0 Å². The van der Waals surface area contributed by atoms with Gasteiger partial charge >= 0.3 is 12.1 Å². The molecule has 6 heteroatoms. The van der Waals surface area contributed by atoms with E-state index in [1.165, 1.54) is 0 Å². The fourth-order valence-electron chi connectivity index (χ4n) is 3.12. The van der Waals surface area contributed by atoms with Crippen LogP contribution >= 0.6 is 0 Å². The smallest absolute Gasteiger partial charge is 0.410 e. The van der Waals surface area contributed by atoms with Gasteiger partial charge in [0.15, 0.2) is 0 Å². The number of aliphatic carboxylic acids is 1. The molecule has 0 spiro atoms. The number of benzene rings is 1. The summed E-state index contributed by atoms with van der Waals surface area (Å²) in [5, 5.41) is 9.17. The van der Waals surface area contributed by atoms with Crippen molar-refractivity contribution in [1.29, 1.82) is 0 Å². The van der Waals surface area contributed by atoms with Crippen molar-refractivity contribution >= 4 is 12.1 Å². The Balaban J connectivity index is 2.07. The summed E-state index contributed by atoms with van der Waals surface area (Å²) < 4.78 is 10.6. The summed E-state index contributed by atoms with van der Waals surface area (Å²) in [4.78, 5) is 25.1. The van der Waals surface area contributed by atoms with Crippen molar-refractivity contribution < 1.29 is 24.2 Å². The first-order valence-electron chi connectivity index (χ1n) is 8.56. The van der Waals surface area contributed by atoms with Crippen LogP contribution in [0.4, 0.5) is 4.79 Å². The molecule has 0 aliphatic carbocycles. The van der Waals surface area contributed by atoms with Crippen molar-refractivity contribution in [2.75, 3.05) is 20.2 Å². The van der Waals surface area contributed by atoms with Gasteiger partial charge in [0.2, 0.25) is 0 Å². The molecule has 0 saturated carbocycles. The minimum Gasteiger partial charge on any atom is -0.497 e. The Labute approximate surface area is 148 Å². The van der Waals surface area contributed by atoms with Crippen LogP contribution in [-0.4, -0.2) is 47.9 Å². The summed E-state index contributed by atoms with van der Waals surface area (Å²) in [6.45, 7) is 6.78. The lowest BCUT2D eigenvalue weighted by Crippen LogP contribution is -2.41. The number of likely N-dealkylation sites (tertiary alicyclic amines) is 1. The van der Waals surface area contributed by atoms with E-state index >= 15 is 0 Å². The fourth-order valence-corrected chi connectivity index (χ4v) is 3.12. The van der Waals surface area contributed by atoms with Crippen molar-refractivity contribution in [2.24, 2.45) is 0 Å². The molecule has 1 aromatic rings. The van der Waals surface area contributed by atoms with Crippen LogP contribution in [0.25, 0.3) is 0 Å². The predicted octanol–water partition coefficient (Wildman–Crippen LogP) is 3.44. The topological polar surface area (TPSA) is 76.1 Å². The number of methoxy groups -OCH3 is 1. The highest BCUT2D eigenvalue weighted by Gasteiger charge is 2.28. The monoisotopic (exact) mass is 349 g/mol. The van der Waals surface area contributed by atoms with E-state index in [9.17, 15) is 9.59 Å². The van der Waals surface area contributed by atoms with Crippen LogP contribution in [0.3, 0.4) is 0 Å². The summed E-state index contributed by atoms with van der Waals surface area (Å²) >= 11 is 0. The highest BCUT2D eigenvalue weighted by Crippen LogP contribution is 2.33. The second-order valence-electron chi connectivity index (χ2n) is 7.38. The number of carbonyl (C=O) groups is 2. The van der Waals surface area contributed by atoms with Crippen molar-refractivity contribution in [2.45, 2.75) is 51.6 Å². The van der Waals surface area contributed by atoms with Crippen molar-refractivity contribution in [3.8, 4) is 5.75 Å². The van der Waals surface area contributed by atoms with Crippen LogP contribution in [0.15, 0.2) is 18.2 Å². The molecule has 0 unspecified atom stereocenters. The maximum atomic E-state index is 12.2. The van der Waals surface area contributed by atoms with Gasteiger partial charge < -0.3 is 19.5 Å². The van der Waals surface area contributed by atoms with E-state index in [2.05, 4.69) is 0 Å². The van der Waals surface area contributed by atoms with Crippen molar-refractivity contribution in [3.63, 3.8) is 0 Å². The lowest BCUT2D eigenvalue weighted by Gasteiger charge is -2.34. The van der Waals surface area contributed by atoms with Crippen LogP contribution in [0, 0.1) is 0 Å². The Bertz CT molecular complexity index is 627. The van der Waals surface area contributed by atoms with Gasteiger partial charge in [-0.2, -0.15) is 0 Å². The van der Waals surface area contributed by atoms with Crippen molar-refractivity contribution in [1.82, 2.24) is 4.90 Å². The molecule has 2 rings (SSSR count). The summed E-state index contributed by atoms with van der Waals surface area (Å²) in [7, 11) is 1.57. The second kappa shape index (κ2) is 7.76. The summed E-state index contributed by atoms with van der Waals surface area (Å²) in [5.74, 6) is 0.0332. The molecule has 25 heavy (non-hydrogen) atoms. The maximum absolute atomic E-state index is 12.2. The van der Waals surface area contributed by atoms with E-state index in [1.54, 1.807) is 18.1 Å². The number of amides is 1. The van der Waals surface area contributed by atoms with E-state index in [4.69, 9.17) is 14.6 Å². The molecule has 0 aromatic heterocycles. The minimum absolute atomic E-state index is 0.0290. The van der Waals surface area contributed by atoms with E-state index in [-0.39, 0.29) is 18.4 Å². The van der Waals surface area contributed by atoms with Gasteiger partial charge in [0.25, 0.3) is 0 Å². The Kier molecular flexibility index (Phi) is 5.93. The van der Waals surface area contributed by atoms with Gasteiger partial charge in [0.1, 0.15) is 11.4 Å². The van der Waals surface area contributed by atoms with Gasteiger partial charge in [-0.25, -0.2) is 4.79 Å². The third-order valence-electron chi connectivity index (χ3n) is 4.28. The normalized spacial score (nSPS) is 15.8. The molecule has 0 radical (unpaired) electrons. The number of hydrogen-bond donors (Lipinski definition) is 1. The van der Waals surface area contributed by atoms with Gasteiger partial charge in [-0.3, -0.25) is 4.79 Å². The Morgan fingerprint density at radius 2 is 1.88 bits per heavy atom. The summed E-state index contributed by atoms with van der Waals surface area (Å²) in [5.41, 5.74) is 1.31. The SMILES string of the molecule is COc1ccc(C2CCN(C(=O)OC(C)(C)C)CC2)c(CC(=O)O)c1. The Hall–Kier alpha value is -2.24. The second-order valence-corrected chi connectivity index (χ2v) is 7.38. The fraction of sp³-hybridized carbons (Fsp3) is 0.579. The average Bonchev–Trinajstić information content (AvgIpc) is 2.53. The van der Waals surface area contributed by atoms with Crippen LogP contribution in [-0.2, 0) is 16.0 Å². The largest absolute Gasteiger partial charge is 0.497 e. The van der Waals surface area contributed by atoms with E-state index in [1.807, 2.05) is 32.9 Å². The van der Waals surface area contributed by atoms with Crippen LogP contribution in [0.5, 0.6) is 5.75 Å². The summed E-state index contributed by atoms with van der Waals surface area (Å²) in [6, 6.07) is 5.61. The zero-order valence-electron chi connectivity index (χ0n) is 15.4. The van der Waals surface area contributed by atoms with Crippen LogP contribution < -0.4 is 4.74 Å². The molecular weight excluding hydrogens is 322 g/mol. The first kappa shape index (κ1) is 19.1. The number of nitrogens with zero attached hydrogens (tertiary/aromatic N) is 1. The number of carboxylic acids is 1. The first-order valence-corrected chi connectivity index (χ1v) is 8.56. The molecule has 0 atom stereocenters. The number of hydrogen-bond acceptors (Lipinski definition) is 4. The third-order valence-corrected chi connectivity index (χ3v) is 4.28. The quantitative estimate of drug-likeness (QED) is 0.901. The van der Waals surface area contributed by atoms with Crippen molar-refractivity contribution in [3.05, 3.63) is 29.3 Å². The highest BCUT2D eigenvalue weighted by molar-refractivity contribution is 5.71. The van der Waals surface area contributed by atoms with Gasteiger partial charge in [-0.15, -0.1) is 0 Å². The minimum atomic E-state index is -0.860. The number of carboxylic acid groups (broad SMARTS) is 1. The maximum Gasteiger partial charge on any atom is 0.410 e. The molecule has 1 amide bonds. The zero-order valence-corrected chi connectivity index (χ0v) is 15.4. The molecular formula is C19H27NO5. The molecule has 138 valence electrons. The van der Waals surface area contributed by atoms with Crippen LogP contribution in [0.2, 0.25) is 0 Å². The lowest BCUT2D eigenvalue weighted by atomic mass is 9.85. The molecule has 1 N–H and O–H groups in total. The third kappa shape index (κ3) is 5.37. The molecule has 6 nitrogen and oxygen atoms in total. The molecule has 1 heterocycles. The highest BCUT2D eigenvalue weighted by atomic mass is 16.6. The molecule has 0 bridgehead atoms. The molecule has 1 saturated heterocycles. The van der Waals surface area contributed by atoms with Gasteiger partial charge in [0, 0.05) is 13.1 Å². The van der Waals surface area contributed by atoms with Crippen LogP contribution in [0.1, 0.15) is 50.7 Å². The molecule has 1 aliphatic heterocycles. The molecule has 1 aromatic carbocycles. The number of piperidine rings is 1. The number of carbonyl (C=O) groups excluding carboxylic acids is 1.